The van der Waals surface area contributed by atoms with Gasteiger partial charge in [0.25, 0.3) is 5.56 Å². The van der Waals surface area contributed by atoms with Gasteiger partial charge in [0.2, 0.25) is 5.91 Å². The number of carbonyl (C=O) groups excluding carboxylic acids is 1. The molecule has 4 nitrogen and oxygen atoms in total. The van der Waals surface area contributed by atoms with E-state index in [4.69, 9.17) is 0 Å². The first-order chi connectivity index (χ1) is 8.54. The van der Waals surface area contributed by atoms with E-state index in [9.17, 15) is 9.59 Å². The summed E-state index contributed by atoms with van der Waals surface area (Å²) in [5, 5.41) is 0. The number of hydrogen-bond donors (Lipinski definition) is 0. The van der Waals surface area contributed by atoms with Crippen LogP contribution < -0.4 is 5.56 Å². The minimum Gasteiger partial charge on any atom is -0.344 e. The molecule has 0 aromatic carbocycles. The molecule has 0 saturated carbocycles. The van der Waals surface area contributed by atoms with E-state index in [-0.39, 0.29) is 18.0 Å². The van der Waals surface area contributed by atoms with Gasteiger partial charge in [-0.1, -0.05) is 6.08 Å². The summed E-state index contributed by atoms with van der Waals surface area (Å²) < 4.78 is 2.18. The van der Waals surface area contributed by atoms with E-state index in [1.54, 1.807) is 24.2 Å². The summed E-state index contributed by atoms with van der Waals surface area (Å²) in [5.74, 6) is -0.0701. The predicted octanol–water partition coefficient (Wildman–Crippen LogP) is 2.04. The predicted molar refractivity (Wildman–Crippen MR) is 75.5 cm³/mol. The van der Waals surface area contributed by atoms with Crippen molar-refractivity contribution in [1.82, 2.24) is 9.47 Å². The molecule has 1 aromatic heterocycles. The summed E-state index contributed by atoms with van der Waals surface area (Å²) in [7, 11) is 1.74. The second-order valence-electron chi connectivity index (χ2n) is 4.06. The van der Waals surface area contributed by atoms with E-state index in [1.807, 2.05) is 6.08 Å². The number of halogens is 1. The summed E-state index contributed by atoms with van der Waals surface area (Å²) in [6, 6.07) is 3.10. The van der Waals surface area contributed by atoms with Gasteiger partial charge in [-0.3, -0.25) is 9.59 Å². The standard InChI is InChI=1S/C13H17BrN2O2/c1-3-4-5-8-15(2)13(18)10-16-9-11(14)6-7-12(16)17/h3,6-7,9H,1,4-5,8,10H2,2H3. The zero-order valence-electron chi connectivity index (χ0n) is 10.4. The van der Waals surface area contributed by atoms with E-state index in [0.717, 1.165) is 17.3 Å². The molecule has 0 saturated heterocycles. The van der Waals surface area contributed by atoms with Gasteiger partial charge in [0.15, 0.2) is 0 Å². The molecule has 0 aliphatic heterocycles. The number of unbranched alkanes of at least 4 members (excludes halogenated alkanes) is 1. The number of likely N-dealkylation sites (N-methyl/N-ethyl adjacent to an activating group) is 1. The SMILES string of the molecule is C=CCCCN(C)C(=O)Cn1cc(Br)ccc1=O. The van der Waals surface area contributed by atoms with Crippen LogP contribution in [0.25, 0.3) is 0 Å². The summed E-state index contributed by atoms with van der Waals surface area (Å²) in [6.45, 7) is 4.38. The maximum absolute atomic E-state index is 11.9. The fourth-order valence-electron chi connectivity index (χ4n) is 1.49. The lowest BCUT2D eigenvalue weighted by Crippen LogP contribution is -2.34. The minimum absolute atomic E-state index is 0.0701. The fraction of sp³-hybridized carbons (Fsp3) is 0.385. The second kappa shape index (κ2) is 7.16. The Bertz CT molecular complexity index is 482. The molecule has 0 aliphatic carbocycles. The number of amides is 1. The molecule has 0 N–H and O–H groups in total. The highest BCUT2D eigenvalue weighted by Crippen LogP contribution is 2.05. The molecule has 1 amide bonds. The van der Waals surface area contributed by atoms with E-state index in [0.29, 0.717) is 6.54 Å². The Hall–Kier alpha value is -1.36. The van der Waals surface area contributed by atoms with Gasteiger partial charge in [0.1, 0.15) is 6.54 Å². The van der Waals surface area contributed by atoms with Crippen LogP contribution in [0.3, 0.4) is 0 Å². The van der Waals surface area contributed by atoms with E-state index in [2.05, 4.69) is 22.5 Å². The van der Waals surface area contributed by atoms with Crippen molar-refractivity contribution in [2.24, 2.45) is 0 Å². The smallest absolute Gasteiger partial charge is 0.251 e. The number of carbonyl (C=O) groups is 1. The average molecular weight is 313 g/mol. The molecule has 0 radical (unpaired) electrons. The van der Waals surface area contributed by atoms with Crippen molar-refractivity contribution < 1.29 is 4.79 Å². The van der Waals surface area contributed by atoms with Crippen LogP contribution in [0.4, 0.5) is 0 Å². The first-order valence-electron chi connectivity index (χ1n) is 5.75. The van der Waals surface area contributed by atoms with Crippen molar-refractivity contribution in [1.29, 1.82) is 0 Å². The lowest BCUT2D eigenvalue weighted by Gasteiger charge is -2.17. The fourth-order valence-corrected chi connectivity index (χ4v) is 1.87. The topological polar surface area (TPSA) is 42.3 Å². The Morgan fingerprint density at radius 3 is 2.94 bits per heavy atom. The van der Waals surface area contributed by atoms with Crippen LogP contribution in [0.2, 0.25) is 0 Å². The Kier molecular flexibility index (Phi) is 5.85. The third-order valence-electron chi connectivity index (χ3n) is 2.58. The number of pyridine rings is 1. The van der Waals surface area contributed by atoms with E-state index in [1.165, 1.54) is 10.6 Å². The van der Waals surface area contributed by atoms with Crippen LogP contribution >= 0.6 is 15.9 Å². The Balaban J connectivity index is 2.60. The summed E-state index contributed by atoms with van der Waals surface area (Å²) in [5.41, 5.74) is -0.175. The maximum atomic E-state index is 11.9. The number of aromatic nitrogens is 1. The molecule has 0 unspecified atom stereocenters. The Labute approximate surface area is 115 Å². The quantitative estimate of drug-likeness (QED) is 0.596. The molecule has 0 bridgehead atoms. The van der Waals surface area contributed by atoms with Gasteiger partial charge in [-0.25, -0.2) is 0 Å². The highest BCUT2D eigenvalue weighted by atomic mass is 79.9. The van der Waals surface area contributed by atoms with E-state index < -0.39 is 0 Å². The highest BCUT2D eigenvalue weighted by Gasteiger charge is 2.09. The van der Waals surface area contributed by atoms with Gasteiger partial charge in [0, 0.05) is 30.3 Å². The van der Waals surface area contributed by atoms with Crippen molar-refractivity contribution in [2.75, 3.05) is 13.6 Å². The van der Waals surface area contributed by atoms with Crippen molar-refractivity contribution in [3.63, 3.8) is 0 Å². The number of allylic oxidation sites excluding steroid dienone is 1. The molecule has 0 spiro atoms. The molecule has 1 heterocycles. The average Bonchev–Trinajstić information content (AvgIpc) is 2.34. The first kappa shape index (κ1) is 14.7. The highest BCUT2D eigenvalue weighted by molar-refractivity contribution is 9.10. The van der Waals surface area contributed by atoms with Crippen LogP contribution in [0.1, 0.15) is 12.8 Å². The zero-order valence-corrected chi connectivity index (χ0v) is 12.0. The monoisotopic (exact) mass is 312 g/mol. The van der Waals surface area contributed by atoms with Crippen molar-refractivity contribution in [2.45, 2.75) is 19.4 Å². The van der Waals surface area contributed by atoms with Crippen molar-refractivity contribution in [3.8, 4) is 0 Å². The Morgan fingerprint density at radius 2 is 2.28 bits per heavy atom. The van der Waals surface area contributed by atoms with E-state index >= 15 is 0 Å². The molecule has 1 aromatic rings. The lowest BCUT2D eigenvalue weighted by molar-refractivity contribution is -0.130. The Morgan fingerprint density at radius 1 is 1.56 bits per heavy atom. The zero-order chi connectivity index (χ0) is 13.5. The largest absolute Gasteiger partial charge is 0.344 e. The van der Waals surface area contributed by atoms with Gasteiger partial charge in [-0.2, -0.15) is 0 Å². The molecule has 98 valence electrons. The van der Waals surface area contributed by atoms with Crippen molar-refractivity contribution >= 4 is 21.8 Å². The molecular weight excluding hydrogens is 296 g/mol. The maximum Gasteiger partial charge on any atom is 0.251 e. The third kappa shape index (κ3) is 4.49. The number of hydrogen-bond acceptors (Lipinski definition) is 2. The normalized spacial score (nSPS) is 10.1. The minimum atomic E-state index is -0.175. The number of rotatable bonds is 6. The molecule has 0 atom stereocenters. The first-order valence-corrected chi connectivity index (χ1v) is 6.54. The van der Waals surface area contributed by atoms with Crippen LogP contribution in [0.5, 0.6) is 0 Å². The molecule has 18 heavy (non-hydrogen) atoms. The molecular formula is C13H17BrN2O2. The van der Waals surface area contributed by atoms with Crippen LogP contribution in [0.15, 0.2) is 40.3 Å². The van der Waals surface area contributed by atoms with Crippen LogP contribution in [-0.2, 0) is 11.3 Å². The third-order valence-corrected chi connectivity index (χ3v) is 3.05. The second-order valence-corrected chi connectivity index (χ2v) is 4.98. The molecule has 5 heteroatoms. The summed E-state index contributed by atoms with van der Waals surface area (Å²) in [6.07, 6.45) is 5.22. The summed E-state index contributed by atoms with van der Waals surface area (Å²) >= 11 is 3.28. The molecule has 1 rings (SSSR count). The lowest BCUT2D eigenvalue weighted by atomic mass is 10.3. The number of nitrogens with zero attached hydrogens (tertiary/aromatic N) is 2. The van der Waals surface area contributed by atoms with Gasteiger partial charge >= 0.3 is 0 Å². The van der Waals surface area contributed by atoms with Gasteiger partial charge in [-0.15, -0.1) is 6.58 Å². The molecule has 0 fully saturated rings. The van der Waals surface area contributed by atoms with Gasteiger partial charge < -0.3 is 9.47 Å². The van der Waals surface area contributed by atoms with Gasteiger partial charge in [0.05, 0.1) is 0 Å². The van der Waals surface area contributed by atoms with Crippen LogP contribution in [0, 0.1) is 0 Å². The van der Waals surface area contributed by atoms with Crippen LogP contribution in [-0.4, -0.2) is 29.0 Å². The molecule has 0 aliphatic rings. The van der Waals surface area contributed by atoms with Crippen molar-refractivity contribution in [3.05, 3.63) is 45.8 Å². The summed E-state index contributed by atoms with van der Waals surface area (Å²) in [4.78, 5) is 25.1. The van der Waals surface area contributed by atoms with Gasteiger partial charge in [-0.05, 0) is 34.8 Å².